The Morgan fingerprint density at radius 1 is 1.08 bits per heavy atom. The van der Waals surface area contributed by atoms with Gasteiger partial charge in [-0.2, -0.15) is 0 Å². The van der Waals surface area contributed by atoms with E-state index in [1.54, 1.807) is 18.2 Å². The molecule has 2 aromatic carbocycles. The second-order valence-corrected chi connectivity index (χ2v) is 6.26. The average molecular weight is 324 g/mol. The molecular weight excluding hydrogens is 307 g/mol. The van der Waals surface area contributed by atoms with Gasteiger partial charge in [0, 0.05) is 29.8 Å². The van der Waals surface area contributed by atoms with Gasteiger partial charge in [0.15, 0.2) is 0 Å². The van der Waals surface area contributed by atoms with E-state index < -0.39 is 11.8 Å². The molecule has 2 N–H and O–H groups in total. The van der Waals surface area contributed by atoms with E-state index in [9.17, 15) is 9.59 Å². The SMILES string of the molecule is O=C1CCC(c2cccc(-c3ccc4c(c3)CCN4)c2F)C(=O)N1. The third kappa shape index (κ3) is 2.46. The van der Waals surface area contributed by atoms with Crippen LogP contribution in [0, 0.1) is 5.82 Å². The fourth-order valence-corrected chi connectivity index (χ4v) is 3.50. The zero-order valence-electron chi connectivity index (χ0n) is 13.1. The van der Waals surface area contributed by atoms with Crippen LogP contribution < -0.4 is 10.6 Å². The zero-order valence-corrected chi connectivity index (χ0v) is 13.1. The summed E-state index contributed by atoms with van der Waals surface area (Å²) in [4.78, 5) is 23.4. The van der Waals surface area contributed by atoms with Crippen LogP contribution in [-0.2, 0) is 16.0 Å². The van der Waals surface area contributed by atoms with Gasteiger partial charge in [0.25, 0.3) is 0 Å². The van der Waals surface area contributed by atoms with Crippen molar-refractivity contribution in [2.75, 3.05) is 11.9 Å². The van der Waals surface area contributed by atoms with Crippen molar-refractivity contribution < 1.29 is 14.0 Å². The molecule has 2 aliphatic rings. The van der Waals surface area contributed by atoms with Gasteiger partial charge in [0.05, 0.1) is 5.92 Å². The molecule has 0 aliphatic carbocycles. The molecular formula is C19H17FN2O2. The highest BCUT2D eigenvalue weighted by Gasteiger charge is 2.30. The highest BCUT2D eigenvalue weighted by atomic mass is 19.1. The monoisotopic (exact) mass is 324 g/mol. The van der Waals surface area contributed by atoms with Crippen molar-refractivity contribution in [2.45, 2.75) is 25.2 Å². The van der Waals surface area contributed by atoms with Crippen molar-refractivity contribution >= 4 is 17.5 Å². The van der Waals surface area contributed by atoms with E-state index in [0.29, 0.717) is 17.5 Å². The van der Waals surface area contributed by atoms with E-state index in [-0.39, 0.29) is 18.1 Å². The van der Waals surface area contributed by atoms with Gasteiger partial charge >= 0.3 is 0 Å². The summed E-state index contributed by atoms with van der Waals surface area (Å²) in [5.74, 6) is -1.70. The minimum absolute atomic E-state index is 0.241. The number of carbonyl (C=O) groups is 2. The van der Waals surface area contributed by atoms with Crippen molar-refractivity contribution in [2.24, 2.45) is 0 Å². The summed E-state index contributed by atoms with van der Waals surface area (Å²) in [5, 5.41) is 5.58. The summed E-state index contributed by atoms with van der Waals surface area (Å²) in [6.07, 6.45) is 1.52. The number of carbonyl (C=O) groups excluding carboxylic acids is 2. The number of benzene rings is 2. The highest BCUT2D eigenvalue weighted by molar-refractivity contribution is 6.01. The minimum atomic E-state index is -0.612. The van der Waals surface area contributed by atoms with Gasteiger partial charge in [-0.25, -0.2) is 4.39 Å². The number of nitrogens with one attached hydrogen (secondary N) is 2. The van der Waals surface area contributed by atoms with Crippen molar-refractivity contribution in [3.63, 3.8) is 0 Å². The first kappa shape index (κ1) is 14.9. The Bertz CT molecular complexity index is 847. The molecule has 2 aliphatic heterocycles. The molecule has 5 heteroatoms. The maximum atomic E-state index is 15.1. The lowest BCUT2D eigenvalue weighted by molar-refractivity contribution is -0.134. The van der Waals surface area contributed by atoms with E-state index in [0.717, 1.165) is 24.2 Å². The predicted molar refractivity (Wildman–Crippen MR) is 89.2 cm³/mol. The van der Waals surface area contributed by atoms with E-state index in [1.807, 2.05) is 18.2 Å². The summed E-state index contributed by atoms with van der Waals surface area (Å²) >= 11 is 0. The number of halogens is 1. The lowest BCUT2D eigenvalue weighted by Gasteiger charge is -2.22. The molecule has 0 radical (unpaired) electrons. The Balaban J connectivity index is 1.73. The number of hydrogen-bond acceptors (Lipinski definition) is 3. The molecule has 0 bridgehead atoms. The number of anilines is 1. The summed E-state index contributed by atoms with van der Waals surface area (Å²) in [5.41, 5.74) is 3.94. The van der Waals surface area contributed by atoms with Crippen LogP contribution in [0.1, 0.15) is 29.9 Å². The maximum absolute atomic E-state index is 15.1. The molecule has 2 amide bonds. The second kappa shape index (κ2) is 5.74. The first-order chi connectivity index (χ1) is 11.6. The molecule has 2 aromatic rings. The smallest absolute Gasteiger partial charge is 0.234 e. The van der Waals surface area contributed by atoms with Gasteiger partial charge in [0.1, 0.15) is 5.82 Å². The average Bonchev–Trinajstić information content (AvgIpc) is 3.03. The van der Waals surface area contributed by atoms with Crippen molar-refractivity contribution in [1.29, 1.82) is 0 Å². The molecule has 1 fully saturated rings. The molecule has 2 heterocycles. The van der Waals surface area contributed by atoms with Crippen LogP contribution in [0.3, 0.4) is 0 Å². The fraction of sp³-hybridized carbons (Fsp3) is 0.263. The standard InChI is InChI=1S/C19H17FN2O2/c20-18-13(11-4-6-16-12(10-11)8-9-21-16)2-1-3-14(18)15-5-7-17(23)22-19(15)24/h1-4,6,10,15,21H,5,7-9H2,(H,22,23,24). The molecule has 4 nitrogen and oxygen atoms in total. The Hall–Kier alpha value is -2.69. The summed E-state index contributed by atoms with van der Waals surface area (Å²) in [6, 6.07) is 11.0. The minimum Gasteiger partial charge on any atom is -0.384 e. The van der Waals surface area contributed by atoms with Gasteiger partial charge < -0.3 is 5.32 Å². The van der Waals surface area contributed by atoms with Gasteiger partial charge in [0.2, 0.25) is 11.8 Å². The topological polar surface area (TPSA) is 58.2 Å². The molecule has 122 valence electrons. The lowest BCUT2D eigenvalue weighted by atomic mass is 9.88. The van der Waals surface area contributed by atoms with E-state index in [2.05, 4.69) is 10.6 Å². The predicted octanol–water partition coefficient (Wildman–Crippen LogP) is 2.98. The van der Waals surface area contributed by atoms with Crippen molar-refractivity contribution in [3.8, 4) is 11.1 Å². The highest BCUT2D eigenvalue weighted by Crippen LogP contribution is 2.34. The van der Waals surface area contributed by atoms with Crippen LogP contribution in [0.5, 0.6) is 0 Å². The molecule has 24 heavy (non-hydrogen) atoms. The first-order valence-electron chi connectivity index (χ1n) is 8.13. The maximum Gasteiger partial charge on any atom is 0.234 e. The Labute approximate surface area is 139 Å². The Morgan fingerprint density at radius 2 is 1.96 bits per heavy atom. The largest absolute Gasteiger partial charge is 0.384 e. The summed E-state index contributed by atoms with van der Waals surface area (Å²) in [6.45, 7) is 0.900. The van der Waals surface area contributed by atoms with Crippen LogP contribution in [-0.4, -0.2) is 18.4 Å². The van der Waals surface area contributed by atoms with Gasteiger partial charge in [-0.1, -0.05) is 24.3 Å². The van der Waals surface area contributed by atoms with Crippen LogP contribution >= 0.6 is 0 Å². The third-order valence-electron chi connectivity index (χ3n) is 4.77. The third-order valence-corrected chi connectivity index (χ3v) is 4.77. The second-order valence-electron chi connectivity index (χ2n) is 6.26. The van der Waals surface area contributed by atoms with Crippen LogP contribution in [0.25, 0.3) is 11.1 Å². The first-order valence-corrected chi connectivity index (χ1v) is 8.13. The quantitative estimate of drug-likeness (QED) is 0.835. The summed E-state index contributed by atoms with van der Waals surface area (Å²) < 4.78 is 15.1. The van der Waals surface area contributed by atoms with Crippen LogP contribution in [0.4, 0.5) is 10.1 Å². The van der Waals surface area contributed by atoms with Gasteiger partial charge in [-0.15, -0.1) is 0 Å². The molecule has 4 rings (SSSR count). The molecule has 0 saturated carbocycles. The number of hydrogen-bond donors (Lipinski definition) is 2. The molecule has 1 atom stereocenters. The van der Waals surface area contributed by atoms with E-state index in [1.165, 1.54) is 5.56 Å². The van der Waals surface area contributed by atoms with E-state index >= 15 is 4.39 Å². The van der Waals surface area contributed by atoms with Crippen molar-refractivity contribution in [3.05, 3.63) is 53.3 Å². The molecule has 0 aromatic heterocycles. The number of rotatable bonds is 2. The normalized spacial score (nSPS) is 19.6. The molecule has 0 spiro atoms. The number of imide groups is 1. The number of piperidine rings is 1. The van der Waals surface area contributed by atoms with Gasteiger partial charge in [-0.3, -0.25) is 14.9 Å². The Kier molecular flexibility index (Phi) is 3.56. The molecule has 1 saturated heterocycles. The van der Waals surface area contributed by atoms with E-state index in [4.69, 9.17) is 0 Å². The summed E-state index contributed by atoms with van der Waals surface area (Å²) in [7, 11) is 0. The van der Waals surface area contributed by atoms with Crippen molar-refractivity contribution in [1.82, 2.24) is 5.32 Å². The number of fused-ring (bicyclic) bond motifs is 1. The molecule has 1 unspecified atom stereocenters. The Morgan fingerprint density at radius 3 is 2.79 bits per heavy atom. The fourth-order valence-electron chi connectivity index (χ4n) is 3.50. The van der Waals surface area contributed by atoms with Gasteiger partial charge in [-0.05, 0) is 36.1 Å². The zero-order chi connectivity index (χ0) is 16.7. The van der Waals surface area contributed by atoms with Crippen LogP contribution in [0.2, 0.25) is 0 Å². The number of amides is 2. The van der Waals surface area contributed by atoms with Crippen LogP contribution in [0.15, 0.2) is 36.4 Å². The lowest BCUT2D eigenvalue weighted by Crippen LogP contribution is -2.39.